The number of aryl methyl sites for hydroxylation is 1. The zero-order valence-corrected chi connectivity index (χ0v) is 16.3. The van der Waals surface area contributed by atoms with E-state index in [4.69, 9.17) is 0 Å². The minimum absolute atomic E-state index is 0.0911. The smallest absolute Gasteiger partial charge is 0.244 e. The van der Waals surface area contributed by atoms with Crippen LogP contribution in [0.2, 0.25) is 0 Å². The van der Waals surface area contributed by atoms with Crippen molar-refractivity contribution in [3.05, 3.63) is 35.4 Å². The van der Waals surface area contributed by atoms with E-state index >= 15 is 0 Å². The molecule has 2 saturated heterocycles. The first-order valence-electron chi connectivity index (χ1n) is 9.78. The average molecular weight is 357 g/mol. The van der Waals surface area contributed by atoms with Gasteiger partial charge in [-0.2, -0.15) is 0 Å². The third-order valence-electron chi connectivity index (χ3n) is 5.81. The summed E-state index contributed by atoms with van der Waals surface area (Å²) in [7, 11) is 3.91. The molecule has 1 atom stereocenters. The summed E-state index contributed by atoms with van der Waals surface area (Å²) >= 11 is 0. The minimum atomic E-state index is -0.262. The molecular weight excluding hydrogens is 326 g/mol. The largest absolute Gasteiger partial charge is 0.342 e. The monoisotopic (exact) mass is 357 g/mol. The van der Waals surface area contributed by atoms with Crippen LogP contribution in [0, 0.1) is 12.8 Å². The van der Waals surface area contributed by atoms with Crippen molar-refractivity contribution in [1.82, 2.24) is 14.7 Å². The fourth-order valence-electron chi connectivity index (χ4n) is 4.24. The second kappa shape index (κ2) is 8.21. The first-order valence-corrected chi connectivity index (χ1v) is 9.78. The van der Waals surface area contributed by atoms with E-state index in [1.54, 1.807) is 0 Å². The van der Waals surface area contributed by atoms with Gasteiger partial charge in [0.1, 0.15) is 6.04 Å². The van der Waals surface area contributed by atoms with E-state index in [1.807, 2.05) is 47.0 Å². The van der Waals surface area contributed by atoms with Crippen molar-refractivity contribution in [2.24, 2.45) is 5.92 Å². The molecule has 0 aliphatic carbocycles. The molecule has 0 bridgehead atoms. The van der Waals surface area contributed by atoms with Crippen LogP contribution in [-0.4, -0.2) is 66.8 Å². The van der Waals surface area contributed by atoms with Gasteiger partial charge in [-0.05, 0) is 57.8 Å². The summed E-state index contributed by atoms with van der Waals surface area (Å²) in [6.07, 6.45) is 3.83. The van der Waals surface area contributed by atoms with Crippen LogP contribution in [0.15, 0.2) is 24.3 Å². The second-order valence-corrected chi connectivity index (χ2v) is 7.85. The van der Waals surface area contributed by atoms with Gasteiger partial charge < -0.3 is 9.80 Å². The molecule has 2 aliphatic rings. The average Bonchev–Trinajstić information content (AvgIpc) is 3.17. The number of carbonyl (C=O) groups excluding carboxylic acids is 2. The number of nitrogens with zero attached hydrogens (tertiary/aromatic N) is 3. The van der Waals surface area contributed by atoms with Crippen molar-refractivity contribution >= 4 is 11.8 Å². The van der Waals surface area contributed by atoms with Gasteiger partial charge in [0.15, 0.2) is 0 Å². The Bertz CT molecular complexity index is 644. The first kappa shape index (κ1) is 18.9. The highest BCUT2D eigenvalue weighted by atomic mass is 16.2. The molecule has 0 spiro atoms. The van der Waals surface area contributed by atoms with Crippen molar-refractivity contribution in [2.75, 3.05) is 40.3 Å². The van der Waals surface area contributed by atoms with Gasteiger partial charge in [-0.25, -0.2) is 0 Å². The molecule has 0 aromatic heterocycles. The minimum Gasteiger partial charge on any atom is -0.342 e. The SMILES string of the molecule is Cc1ccccc1[C@H](C(=O)N1CCC(C(=O)N2CCCC2)CC1)N(C)C. The fraction of sp³-hybridized carbons (Fsp3) is 0.619. The van der Waals surface area contributed by atoms with Crippen LogP contribution < -0.4 is 0 Å². The van der Waals surface area contributed by atoms with Crippen LogP contribution in [0.3, 0.4) is 0 Å². The van der Waals surface area contributed by atoms with Gasteiger partial charge in [-0.3, -0.25) is 14.5 Å². The third-order valence-corrected chi connectivity index (χ3v) is 5.81. The molecule has 0 radical (unpaired) electrons. The van der Waals surface area contributed by atoms with Gasteiger partial charge in [0, 0.05) is 32.1 Å². The molecule has 1 aromatic rings. The maximum atomic E-state index is 13.2. The Morgan fingerprint density at radius 2 is 1.62 bits per heavy atom. The lowest BCUT2D eigenvalue weighted by Crippen LogP contribution is -2.47. The molecule has 5 nitrogen and oxygen atoms in total. The van der Waals surface area contributed by atoms with Gasteiger partial charge in [-0.1, -0.05) is 24.3 Å². The third kappa shape index (κ3) is 3.93. The van der Waals surface area contributed by atoms with Crippen LogP contribution in [0.1, 0.15) is 42.9 Å². The maximum Gasteiger partial charge on any atom is 0.244 e. The molecule has 2 amide bonds. The summed E-state index contributed by atoms with van der Waals surface area (Å²) in [4.78, 5) is 31.8. The number of piperidine rings is 1. The van der Waals surface area contributed by atoms with E-state index in [-0.39, 0.29) is 17.9 Å². The predicted molar refractivity (Wildman–Crippen MR) is 103 cm³/mol. The highest BCUT2D eigenvalue weighted by Gasteiger charge is 2.34. The summed E-state index contributed by atoms with van der Waals surface area (Å²) in [6, 6.07) is 7.84. The molecule has 5 heteroatoms. The maximum absolute atomic E-state index is 13.2. The lowest BCUT2D eigenvalue weighted by Gasteiger charge is -2.36. The predicted octanol–water partition coefficient (Wildman–Crippen LogP) is 2.46. The zero-order valence-electron chi connectivity index (χ0n) is 16.3. The molecule has 142 valence electrons. The lowest BCUT2D eigenvalue weighted by atomic mass is 9.93. The van der Waals surface area contributed by atoms with Gasteiger partial charge in [0.2, 0.25) is 11.8 Å². The molecular formula is C21H31N3O2. The summed E-state index contributed by atoms with van der Waals surface area (Å²) < 4.78 is 0. The normalized spacial score (nSPS) is 19.8. The Morgan fingerprint density at radius 3 is 2.19 bits per heavy atom. The first-order chi connectivity index (χ1) is 12.5. The number of rotatable bonds is 4. The van der Waals surface area contributed by atoms with Crippen molar-refractivity contribution in [1.29, 1.82) is 0 Å². The number of carbonyl (C=O) groups is 2. The number of benzene rings is 1. The van der Waals surface area contributed by atoms with E-state index in [1.165, 1.54) is 0 Å². The highest BCUT2D eigenvalue weighted by molar-refractivity contribution is 5.84. The van der Waals surface area contributed by atoms with Crippen molar-refractivity contribution < 1.29 is 9.59 Å². The Hall–Kier alpha value is -1.88. The van der Waals surface area contributed by atoms with Crippen molar-refractivity contribution in [3.8, 4) is 0 Å². The topological polar surface area (TPSA) is 43.9 Å². The van der Waals surface area contributed by atoms with Crippen LogP contribution in [0.5, 0.6) is 0 Å². The molecule has 0 unspecified atom stereocenters. The summed E-state index contributed by atoms with van der Waals surface area (Å²) in [5, 5.41) is 0. The van der Waals surface area contributed by atoms with E-state index in [9.17, 15) is 9.59 Å². The van der Waals surface area contributed by atoms with Crippen LogP contribution in [0.4, 0.5) is 0 Å². The Morgan fingerprint density at radius 1 is 1.00 bits per heavy atom. The quantitative estimate of drug-likeness (QED) is 0.831. The van der Waals surface area contributed by atoms with Crippen LogP contribution >= 0.6 is 0 Å². The molecule has 0 saturated carbocycles. The van der Waals surface area contributed by atoms with Crippen LogP contribution in [0.25, 0.3) is 0 Å². The van der Waals surface area contributed by atoms with Gasteiger partial charge in [-0.15, -0.1) is 0 Å². The second-order valence-electron chi connectivity index (χ2n) is 7.85. The number of likely N-dealkylation sites (N-methyl/N-ethyl adjacent to an activating group) is 1. The lowest BCUT2D eigenvalue weighted by molar-refractivity contribution is -0.142. The number of hydrogen-bond donors (Lipinski definition) is 0. The zero-order chi connectivity index (χ0) is 18.7. The fourth-order valence-corrected chi connectivity index (χ4v) is 4.24. The van der Waals surface area contributed by atoms with Crippen molar-refractivity contribution in [2.45, 2.75) is 38.6 Å². The standard InChI is InChI=1S/C21H31N3O2/c1-16-8-4-5-9-18(16)19(22(2)3)21(26)24-14-10-17(11-15-24)20(25)23-12-6-7-13-23/h4-5,8-9,17,19H,6-7,10-15H2,1-3H3/t19-/m1/s1. The molecule has 0 N–H and O–H groups in total. The summed E-state index contributed by atoms with van der Waals surface area (Å²) in [5.74, 6) is 0.544. The van der Waals surface area contributed by atoms with Gasteiger partial charge in [0.25, 0.3) is 0 Å². The number of amides is 2. The Kier molecular flexibility index (Phi) is 5.97. The number of hydrogen-bond acceptors (Lipinski definition) is 3. The summed E-state index contributed by atoms with van der Waals surface area (Å²) in [5.41, 5.74) is 2.21. The molecule has 2 fully saturated rings. The Balaban J connectivity index is 1.65. The van der Waals surface area contributed by atoms with E-state index in [0.717, 1.165) is 49.9 Å². The molecule has 26 heavy (non-hydrogen) atoms. The van der Waals surface area contributed by atoms with E-state index < -0.39 is 0 Å². The van der Waals surface area contributed by atoms with Gasteiger partial charge in [0.05, 0.1) is 0 Å². The highest BCUT2D eigenvalue weighted by Crippen LogP contribution is 2.28. The van der Waals surface area contributed by atoms with E-state index in [2.05, 4.69) is 13.0 Å². The summed E-state index contributed by atoms with van der Waals surface area (Å²) in [6.45, 7) is 5.24. The number of likely N-dealkylation sites (tertiary alicyclic amines) is 2. The van der Waals surface area contributed by atoms with Crippen molar-refractivity contribution in [3.63, 3.8) is 0 Å². The molecule has 1 aromatic carbocycles. The molecule has 2 aliphatic heterocycles. The molecule has 2 heterocycles. The van der Waals surface area contributed by atoms with E-state index in [0.29, 0.717) is 19.0 Å². The Labute approximate surface area is 156 Å². The molecule has 3 rings (SSSR count). The van der Waals surface area contributed by atoms with Crippen LogP contribution in [-0.2, 0) is 9.59 Å². The van der Waals surface area contributed by atoms with Gasteiger partial charge >= 0.3 is 0 Å².